The summed E-state index contributed by atoms with van der Waals surface area (Å²) in [4.78, 5) is 39.4. The van der Waals surface area contributed by atoms with E-state index in [2.05, 4.69) is 23.7 Å². The molecule has 3 aromatic rings. The number of para-hydroxylation sites is 1. The van der Waals surface area contributed by atoms with Crippen molar-refractivity contribution >= 4 is 40.5 Å². The fourth-order valence-corrected chi connectivity index (χ4v) is 3.98. The normalized spacial score (nSPS) is 17.9. The third-order valence-electron chi connectivity index (χ3n) is 5.85. The molecule has 3 heterocycles. The molecule has 8 nitrogen and oxygen atoms in total. The van der Waals surface area contributed by atoms with E-state index in [1.807, 2.05) is 30.5 Å². The van der Waals surface area contributed by atoms with Gasteiger partial charge in [-0.25, -0.2) is 9.69 Å². The number of rotatable bonds is 4. The maximum absolute atomic E-state index is 13.3. The van der Waals surface area contributed by atoms with Gasteiger partial charge in [-0.3, -0.25) is 14.9 Å². The second-order valence-electron chi connectivity index (χ2n) is 7.76. The summed E-state index contributed by atoms with van der Waals surface area (Å²) in [5, 5.41) is 3.19. The molecular formula is C24H21N3O5. The minimum atomic E-state index is -0.807. The number of imide groups is 2. The topological polar surface area (TPSA) is 89.9 Å². The Hall–Kier alpha value is -4.07. The number of carbonyl (C=O) groups excluding carboxylic acids is 3. The van der Waals surface area contributed by atoms with Gasteiger partial charge >= 0.3 is 6.03 Å². The number of anilines is 1. The quantitative estimate of drug-likeness (QED) is 0.498. The summed E-state index contributed by atoms with van der Waals surface area (Å²) in [6.07, 6.45) is 4.42. The van der Waals surface area contributed by atoms with Crippen LogP contribution >= 0.6 is 0 Å². The number of ether oxygens (including phenoxy) is 2. The lowest BCUT2D eigenvalue weighted by atomic mass is 10.1. The highest BCUT2D eigenvalue weighted by Gasteiger charge is 2.37. The molecule has 0 saturated carbocycles. The summed E-state index contributed by atoms with van der Waals surface area (Å²) in [6, 6.07) is 12.0. The second kappa shape index (κ2) is 7.56. The van der Waals surface area contributed by atoms with E-state index in [1.165, 1.54) is 0 Å². The third-order valence-corrected chi connectivity index (χ3v) is 5.85. The monoisotopic (exact) mass is 431 g/mol. The van der Waals surface area contributed by atoms with Crippen molar-refractivity contribution in [3.63, 3.8) is 0 Å². The number of nitrogens with zero attached hydrogens (tertiary/aromatic N) is 2. The summed E-state index contributed by atoms with van der Waals surface area (Å²) in [5.74, 6) is -0.458. The number of carbonyl (C=O) groups is 3. The van der Waals surface area contributed by atoms with Gasteiger partial charge in [0.15, 0.2) is 11.5 Å². The Labute approximate surface area is 184 Å². The Morgan fingerprint density at radius 1 is 1.09 bits per heavy atom. The Morgan fingerprint density at radius 3 is 2.69 bits per heavy atom. The molecule has 1 saturated heterocycles. The van der Waals surface area contributed by atoms with Crippen LogP contribution in [0.1, 0.15) is 31.9 Å². The van der Waals surface area contributed by atoms with E-state index >= 15 is 0 Å². The van der Waals surface area contributed by atoms with E-state index in [1.54, 1.807) is 24.3 Å². The predicted octanol–water partition coefficient (Wildman–Crippen LogP) is 4.01. The molecule has 1 fully saturated rings. The molecule has 5 rings (SSSR count). The molecule has 1 atom stereocenters. The van der Waals surface area contributed by atoms with Crippen molar-refractivity contribution < 1.29 is 23.9 Å². The number of benzene rings is 2. The largest absolute Gasteiger partial charge is 0.454 e. The molecule has 8 heteroatoms. The van der Waals surface area contributed by atoms with E-state index < -0.39 is 17.8 Å². The highest BCUT2D eigenvalue weighted by Crippen LogP contribution is 2.36. The molecule has 32 heavy (non-hydrogen) atoms. The molecule has 0 radical (unpaired) electrons. The van der Waals surface area contributed by atoms with Gasteiger partial charge in [0, 0.05) is 34.8 Å². The minimum absolute atomic E-state index is 0.0722. The molecule has 1 N–H and O–H groups in total. The summed E-state index contributed by atoms with van der Waals surface area (Å²) in [6.45, 7) is 4.29. The standard InChI is InChI=1S/C24H21N3O5/c1-3-14(2)26-12-15(17-6-4-5-7-19(17)26)10-18-22(28)25-24(30)27(23(18)29)16-8-9-20-21(11-16)32-13-31-20/h4-12,14H,3,13H2,1-2H3,(H,25,28,30)/b18-10-/t14-/m0/s1. The average molecular weight is 431 g/mol. The maximum atomic E-state index is 13.3. The van der Waals surface area contributed by atoms with Crippen LogP contribution in [0.3, 0.4) is 0 Å². The van der Waals surface area contributed by atoms with Crippen LogP contribution in [-0.2, 0) is 9.59 Å². The van der Waals surface area contributed by atoms with Crippen LogP contribution in [-0.4, -0.2) is 29.2 Å². The smallest absolute Gasteiger partial charge is 0.335 e. The number of aromatic nitrogens is 1. The number of barbiturate groups is 1. The van der Waals surface area contributed by atoms with Gasteiger partial charge < -0.3 is 14.0 Å². The first-order chi connectivity index (χ1) is 15.5. The molecule has 4 amide bonds. The van der Waals surface area contributed by atoms with Crippen molar-refractivity contribution in [2.24, 2.45) is 0 Å². The first-order valence-corrected chi connectivity index (χ1v) is 10.4. The summed E-state index contributed by atoms with van der Waals surface area (Å²) in [7, 11) is 0. The van der Waals surface area contributed by atoms with Crippen molar-refractivity contribution in [3.8, 4) is 11.5 Å². The number of fused-ring (bicyclic) bond motifs is 2. The van der Waals surface area contributed by atoms with E-state index in [4.69, 9.17) is 9.47 Å². The van der Waals surface area contributed by atoms with E-state index in [-0.39, 0.29) is 24.1 Å². The fraction of sp³-hybridized carbons (Fsp3) is 0.208. The van der Waals surface area contributed by atoms with Crippen molar-refractivity contribution in [2.45, 2.75) is 26.3 Å². The molecule has 2 aliphatic heterocycles. The van der Waals surface area contributed by atoms with Crippen molar-refractivity contribution in [1.82, 2.24) is 9.88 Å². The summed E-state index contributed by atoms with van der Waals surface area (Å²) < 4.78 is 12.8. The molecule has 0 aliphatic carbocycles. The van der Waals surface area contributed by atoms with Crippen LogP contribution in [0.2, 0.25) is 0 Å². The number of hydrogen-bond acceptors (Lipinski definition) is 5. The van der Waals surface area contributed by atoms with Crippen LogP contribution in [0.5, 0.6) is 11.5 Å². The van der Waals surface area contributed by atoms with Crippen molar-refractivity contribution in [2.75, 3.05) is 11.7 Å². The van der Waals surface area contributed by atoms with E-state index in [0.29, 0.717) is 11.5 Å². The SMILES string of the molecule is CC[C@H](C)n1cc(/C=C2/C(=O)NC(=O)N(c3ccc4c(c3)OCO4)C2=O)c2ccccc21. The molecular weight excluding hydrogens is 410 g/mol. The van der Waals surface area contributed by atoms with Crippen LogP contribution in [0.15, 0.2) is 54.2 Å². The van der Waals surface area contributed by atoms with Crippen molar-refractivity contribution in [1.29, 1.82) is 0 Å². The minimum Gasteiger partial charge on any atom is -0.454 e. The number of hydrogen-bond donors (Lipinski definition) is 1. The van der Waals surface area contributed by atoms with Crippen LogP contribution in [0.25, 0.3) is 17.0 Å². The highest BCUT2D eigenvalue weighted by atomic mass is 16.7. The predicted molar refractivity (Wildman–Crippen MR) is 119 cm³/mol. The zero-order valence-corrected chi connectivity index (χ0v) is 17.6. The molecule has 0 unspecified atom stereocenters. The average Bonchev–Trinajstić information content (AvgIpc) is 3.40. The van der Waals surface area contributed by atoms with Crippen LogP contribution in [0, 0.1) is 0 Å². The Balaban J connectivity index is 1.58. The van der Waals surface area contributed by atoms with Gasteiger partial charge in [-0.1, -0.05) is 25.1 Å². The first kappa shape index (κ1) is 19.9. The molecule has 0 bridgehead atoms. The summed E-state index contributed by atoms with van der Waals surface area (Å²) in [5.41, 5.74) is 1.92. The Kier molecular flexibility index (Phi) is 4.70. The van der Waals surface area contributed by atoms with Gasteiger partial charge in [-0.2, -0.15) is 0 Å². The van der Waals surface area contributed by atoms with Crippen LogP contribution in [0.4, 0.5) is 10.5 Å². The number of amides is 4. The lowest BCUT2D eigenvalue weighted by molar-refractivity contribution is -0.122. The molecule has 162 valence electrons. The molecule has 2 aromatic carbocycles. The Morgan fingerprint density at radius 2 is 1.88 bits per heavy atom. The second-order valence-corrected chi connectivity index (χ2v) is 7.76. The third kappa shape index (κ3) is 3.11. The first-order valence-electron chi connectivity index (χ1n) is 10.4. The lowest BCUT2D eigenvalue weighted by Gasteiger charge is -2.26. The van der Waals surface area contributed by atoms with E-state index in [9.17, 15) is 14.4 Å². The van der Waals surface area contributed by atoms with Gasteiger partial charge in [0.2, 0.25) is 6.79 Å². The maximum Gasteiger partial charge on any atom is 0.335 e. The number of nitrogens with one attached hydrogen (secondary N) is 1. The van der Waals surface area contributed by atoms with Gasteiger partial charge in [-0.05, 0) is 37.6 Å². The molecule has 1 aromatic heterocycles. The van der Waals surface area contributed by atoms with Gasteiger partial charge in [0.25, 0.3) is 11.8 Å². The van der Waals surface area contributed by atoms with Crippen LogP contribution < -0.4 is 19.7 Å². The highest BCUT2D eigenvalue weighted by molar-refractivity contribution is 6.39. The lowest BCUT2D eigenvalue weighted by Crippen LogP contribution is -2.54. The zero-order valence-electron chi connectivity index (χ0n) is 17.6. The van der Waals surface area contributed by atoms with Crippen molar-refractivity contribution in [3.05, 3.63) is 59.8 Å². The van der Waals surface area contributed by atoms with Gasteiger partial charge in [0.05, 0.1) is 5.69 Å². The van der Waals surface area contributed by atoms with Gasteiger partial charge in [0.1, 0.15) is 5.57 Å². The zero-order chi connectivity index (χ0) is 22.4. The van der Waals surface area contributed by atoms with E-state index in [0.717, 1.165) is 27.8 Å². The molecule has 0 spiro atoms. The fourth-order valence-electron chi connectivity index (χ4n) is 3.98. The van der Waals surface area contributed by atoms with Gasteiger partial charge in [-0.15, -0.1) is 0 Å². The number of urea groups is 1. The summed E-state index contributed by atoms with van der Waals surface area (Å²) >= 11 is 0. The Bertz CT molecular complexity index is 1310. The molecule has 2 aliphatic rings.